The molecule has 3 heteroatoms. The van der Waals surface area contributed by atoms with Crippen LogP contribution in [-0.4, -0.2) is 25.1 Å². The number of hydrogen-bond donors (Lipinski definition) is 0. The number of allylic oxidation sites excluding steroid dienone is 1. The van der Waals surface area contributed by atoms with Crippen LogP contribution in [0.25, 0.3) is 0 Å². The van der Waals surface area contributed by atoms with Gasteiger partial charge in [-0.15, -0.1) is 6.58 Å². The smallest absolute Gasteiger partial charge is 0.0800 e. The van der Waals surface area contributed by atoms with E-state index in [-0.39, 0.29) is 0 Å². The van der Waals surface area contributed by atoms with E-state index in [2.05, 4.69) is 24.6 Å². The molecule has 2 aliphatic carbocycles. The molecule has 0 aliphatic heterocycles. The van der Waals surface area contributed by atoms with Crippen molar-refractivity contribution in [1.82, 2.24) is 0 Å². The van der Waals surface area contributed by atoms with Crippen molar-refractivity contribution in [2.75, 3.05) is 19.4 Å². The lowest BCUT2D eigenvalue weighted by Gasteiger charge is -2.26. The number of fused-ring (bicyclic) bond motifs is 2. The first-order valence-electron chi connectivity index (χ1n) is 6.54. The fraction of sp³-hybridized carbons (Fsp3) is 0.786. The van der Waals surface area contributed by atoms with Crippen molar-refractivity contribution < 1.29 is 4.20 Å². The monoisotopic (exact) mass is 255 g/mol. The zero-order valence-corrected chi connectivity index (χ0v) is 11.9. The molecule has 2 saturated carbocycles. The summed E-state index contributed by atoms with van der Waals surface area (Å²) in [6.45, 7) is 8.50. The molecule has 1 nitrogen and oxygen atoms in total. The fourth-order valence-electron chi connectivity index (χ4n) is 3.54. The minimum Gasteiger partial charge on any atom is -0.293 e. The van der Waals surface area contributed by atoms with Gasteiger partial charge in [-0.05, 0) is 51.1 Å². The normalized spacial score (nSPS) is 38.4. The lowest BCUT2D eigenvalue weighted by Crippen LogP contribution is -2.24. The predicted molar refractivity (Wildman–Crippen MR) is 74.9 cm³/mol. The van der Waals surface area contributed by atoms with E-state index in [9.17, 15) is 4.20 Å². The summed E-state index contributed by atoms with van der Waals surface area (Å²) in [7, 11) is -1.29. The summed E-state index contributed by atoms with van der Waals surface area (Å²) in [6, 6.07) is 0. The van der Waals surface area contributed by atoms with Gasteiger partial charge in [-0.2, -0.15) is 0 Å². The van der Waals surface area contributed by atoms with Crippen LogP contribution >= 0.6 is 8.23 Å². The lowest BCUT2D eigenvalue weighted by atomic mass is 9.79. The van der Waals surface area contributed by atoms with Gasteiger partial charge in [0.15, 0.2) is 0 Å². The number of nitrogens with zero attached hydrogens (tertiary/aromatic N) is 1. The summed E-state index contributed by atoms with van der Waals surface area (Å²) in [4.78, 5) is 4.64. The van der Waals surface area contributed by atoms with Gasteiger partial charge in [0.25, 0.3) is 0 Å². The molecule has 1 atom stereocenters. The molecule has 0 aromatic carbocycles. The number of aliphatic imine (C=N–C) groups is 1. The van der Waals surface area contributed by atoms with Crippen LogP contribution in [0.5, 0.6) is 0 Å². The van der Waals surface area contributed by atoms with Crippen LogP contribution < -0.4 is 0 Å². The van der Waals surface area contributed by atoms with Gasteiger partial charge in [-0.3, -0.25) is 4.99 Å². The highest BCUT2D eigenvalue weighted by atomic mass is 31.2. The maximum Gasteiger partial charge on any atom is 0.0800 e. The molecular formula is C14H23FNP. The Morgan fingerprint density at radius 2 is 2.06 bits per heavy atom. The predicted octanol–water partition coefficient (Wildman–Crippen LogP) is 4.58. The molecule has 0 heterocycles. The Morgan fingerprint density at radius 1 is 1.41 bits per heavy atom. The number of halogens is 1. The highest BCUT2D eigenvalue weighted by molar-refractivity contribution is 7.51. The number of hydrogen-bond acceptors (Lipinski definition) is 1. The third-order valence-electron chi connectivity index (χ3n) is 4.85. The average molecular weight is 255 g/mol. The van der Waals surface area contributed by atoms with E-state index in [0.29, 0.717) is 23.5 Å². The van der Waals surface area contributed by atoms with Crippen molar-refractivity contribution in [2.45, 2.75) is 39.0 Å². The molecule has 0 spiro atoms. The van der Waals surface area contributed by atoms with Crippen molar-refractivity contribution in [3.63, 3.8) is 0 Å². The Balaban J connectivity index is 2.01. The van der Waals surface area contributed by atoms with Gasteiger partial charge >= 0.3 is 0 Å². The van der Waals surface area contributed by atoms with E-state index in [1.165, 1.54) is 37.8 Å². The van der Waals surface area contributed by atoms with Crippen molar-refractivity contribution in [3.8, 4) is 0 Å². The van der Waals surface area contributed by atoms with Gasteiger partial charge in [0.05, 0.1) is 8.23 Å². The minimum absolute atomic E-state index is 0.334. The van der Waals surface area contributed by atoms with Gasteiger partial charge in [0.2, 0.25) is 0 Å². The van der Waals surface area contributed by atoms with Crippen molar-refractivity contribution in [1.29, 1.82) is 0 Å². The van der Waals surface area contributed by atoms with Gasteiger partial charge in [-0.25, -0.2) is 4.20 Å². The van der Waals surface area contributed by atoms with E-state index >= 15 is 0 Å². The first-order chi connectivity index (χ1) is 8.02. The Kier molecular flexibility index (Phi) is 3.73. The van der Waals surface area contributed by atoms with Gasteiger partial charge < -0.3 is 0 Å². The molecule has 17 heavy (non-hydrogen) atoms. The highest BCUT2D eigenvalue weighted by Crippen LogP contribution is 2.62. The van der Waals surface area contributed by atoms with Crippen LogP contribution in [0.2, 0.25) is 0 Å². The largest absolute Gasteiger partial charge is 0.293 e. The molecule has 0 aromatic heterocycles. The topological polar surface area (TPSA) is 12.4 Å². The van der Waals surface area contributed by atoms with E-state index < -0.39 is 8.23 Å². The quantitative estimate of drug-likeness (QED) is 0.387. The van der Waals surface area contributed by atoms with E-state index in [0.717, 1.165) is 0 Å². The summed E-state index contributed by atoms with van der Waals surface area (Å²) in [5.74, 6) is 0. The van der Waals surface area contributed by atoms with Crippen LogP contribution in [0.1, 0.15) is 39.0 Å². The Morgan fingerprint density at radius 3 is 2.53 bits per heavy atom. The van der Waals surface area contributed by atoms with Crippen LogP contribution in [0, 0.1) is 10.8 Å². The molecule has 96 valence electrons. The third-order valence-corrected chi connectivity index (χ3v) is 5.67. The summed E-state index contributed by atoms with van der Waals surface area (Å²) < 4.78 is 12.8. The van der Waals surface area contributed by atoms with Crippen molar-refractivity contribution in [3.05, 3.63) is 12.7 Å². The summed E-state index contributed by atoms with van der Waals surface area (Å²) in [5, 5.41) is 0. The standard InChI is InChI=1S/C14H23FNP/c1-4-13-5-7-14(11-13,8-6-13)12(2)16-9-10-17(3)15/h4H,1,5-11H2,2-3H3/b16-12+. The first-order valence-corrected chi connectivity index (χ1v) is 8.41. The van der Waals surface area contributed by atoms with Crippen LogP contribution in [-0.2, 0) is 0 Å². The van der Waals surface area contributed by atoms with Gasteiger partial charge in [0.1, 0.15) is 0 Å². The SMILES string of the molecule is C=CC12CCC(/C(C)=N/CCP(C)F)(CC1)C2. The molecule has 0 N–H and O–H groups in total. The van der Waals surface area contributed by atoms with Gasteiger partial charge in [0, 0.05) is 23.8 Å². The Labute approximate surface area is 105 Å². The Bertz CT molecular complexity index is 327. The minimum atomic E-state index is -1.29. The molecule has 0 amide bonds. The maximum atomic E-state index is 12.8. The van der Waals surface area contributed by atoms with Gasteiger partial charge in [-0.1, -0.05) is 6.08 Å². The second-order valence-electron chi connectivity index (χ2n) is 5.82. The highest BCUT2D eigenvalue weighted by Gasteiger charge is 2.53. The molecule has 2 bridgehead atoms. The van der Waals surface area contributed by atoms with E-state index in [4.69, 9.17) is 0 Å². The molecule has 2 aliphatic rings. The van der Waals surface area contributed by atoms with Crippen molar-refractivity contribution >= 4 is 13.9 Å². The molecular weight excluding hydrogens is 232 g/mol. The van der Waals surface area contributed by atoms with Crippen LogP contribution in [0.15, 0.2) is 17.6 Å². The fourth-order valence-corrected chi connectivity index (χ4v) is 3.92. The summed E-state index contributed by atoms with van der Waals surface area (Å²) in [6.07, 6.45) is 9.07. The van der Waals surface area contributed by atoms with E-state index in [1.54, 1.807) is 6.66 Å². The zero-order chi connectivity index (χ0) is 12.5. The second kappa shape index (κ2) is 4.80. The van der Waals surface area contributed by atoms with Crippen LogP contribution in [0.4, 0.5) is 4.20 Å². The first kappa shape index (κ1) is 13.2. The van der Waals surface area contributed by atoms with Crippen molar-refractivity contribution in [2.24, 2.45) is 15.8 Å². The Hall–Kier alpha value is -0.230. The summed E-state index contributed by atoms with van der Waals surface area (Å²) in [5.41, 5.74) is 2.01. The van der Waals surface area contributed by atoms with E-state index in [1.807, 2.05) is 0 Å². The molecule has 0 saturated heterocycles. The third kappa shape index (κ3) is 2.47. The molecule has 0 radical (unpaired) electrons. The molecule has 1 unspecified atom stereocenters. The van der Waals surface area contributed by atoms with Crippen LogP contribution in [0.3, 0.4) is 0 Å². The zero-order valence-electron chi connectivity index (χ0n) is 11.0. The second-order valence-corrected chi connectivity index (χ2v) is 7.48. The molecule has 2 fully saturated rings. The molecule has 2 rings (SSSR count). The molecule has 0 aromatic rings. The average Bonchev–Trinajstić information content (AvgIpc) is 2.86. The maximum absolute atomic E-state index is 12.8. The summed E-state index contributed by atoms with van der Waals surface area (Å²) >= 11 is 0. The lowest BCUT2D eigenvalue weighted by molar-refractivity contribution is 0.369. The number of rotatable bonds is 5.